The fraction of sp³-hybridized carbons (Fsp3) is 0. The topological polar surface area (TPSA) is 20.2 Å². The number of aliphatic hydroxyl groups is 1. The summed E-state index contributed by atoms with van der Waals surface area (Å²) < 4.78 is 0. The molecule has 0 aliphatic rings. The summed E-state index contributed by atoms with van der Waals surface area (Å²) in [6.45, 7) is 0. The van der Waals surface area contributed by atoms with Crippen LogP contribution in [0.25, 0.3) is 0 Å². The van der Waals surface area contributed by atoms with Crippen LogP contribution in [0, 0.1) is 0 Å². The summed E-state index contributed by atoms with van der Waals surface area (Å²) in [4.78, 5) is 0. The minimum absolute atomic E-state index is 0.284. The minimum Gasteiger partial charge on any atom is -0.518 e. The highest BCUT2D eigenvalue weighted by molar-refractivity contribution is 6.31. The maximum Gasteiger partial charge on any atom is 0.0841 e. The molecule has 0 rings (SSSR count). The van der Waals surface area contributed by atoms with Crippen molar-refractivity contribution in [3.8, 4) is 0 Å². The van der Waals surface area contributed by atoms with Crippen LogP contribution in [0.1, 0.15) is 0 Å². The van der Waals surface area contributed by atoms with E-state index in [4.69, 9.17) is 16.7 Å². The highest BCUT2D eigenvalue weighted by Gasteiger charge is 1.65. The van der Waals surface area contributed by atoms with Gasteiger partial charge in [0.25, 0.3) is 0 Å². The molecule has 0 bridgehead atoms. The van der Waals surface area contributed by atoms with Crippen molar-refractivity contribution in [2.24, 2.45) is 0 Å². The Kier molecular flexibility index (Phi) is 2.32. The SMILES string of the molecule is OC([SiH3])=CCl. The van der Waals surface area contributed by atoms with E-state index in [0.717, 1.165) is 0 Å². The van der Waals surface area contributed by atoms with Crippen molar-refractivity contribution in [2.75, 3.05) is 0 Å². The van der Waals surface area contributed by atoms with E-state index >= 15 is 0 Å². The lowest BCUT2D eigenvalue weighted by Crippen LogP contribution is -1.68. The summed E-state index contributed by atoms with van der Waals surface area (Å²) in [5.41, 5.74) is 1.17. The lowest BCUT2D eigenvalue weighted by atomic mass is 11.1. The normalized spacial score (nSPS) is 12.6. The molecular weight excluding hydrogens is 104 g/mol. The second-order valence-corrected chi connectivity index (χ2v) is 1.99. The van der Waals surface area contributed by atoms with Gasteiger partial charge in [-0.2, -0.15) is 0 Å². The van der Waals surface area contributed by atoms with Crippen molar-refractivity contribution in [2.45, 2.75) is 0 Å². The number of hydrogen-bond acceptors (Lipinski definition) is 1. The van der Waals surface area contributed by atoms with Crippen molar-refractivity contribution < 1.29 is 5.11 Å². The average Bonchev–Trinajstić information content (AvgIpc) is 1.38. The summed E-state index contributed by atoms with van der Waals surface area (Å²) in [5, 5.41) is 8.44. The summed E-state index contributed by atoms with van der Waals surface area (Å²) in [6, 6.07) is 0. The molecule has 0 radical (unpaired) electrons. The molecule has 0 aromatic carbocycles. The Morgan fingerprint density at radius 3 is 2.20 bits per heavy atom. The van der Waals surface area contributed by atoms with Gasteiger partial charge in [-0.3, -0.25) is 0 Å². The molecule has 0 atom stereocenters. The third kappa shape index (κ3) is 4.05. The lowest BCUT2D eigenvalue weighted by molar-refractivity contribution is 0.453. The van der Waals surface area contributed by atoms with Gasteiger partial charge < -0.3 is 5.11 Å². The third-order valence-corrected chi connectivity index (χ3v) is 1.13. The molecule has 30 valence electrons. The zero-order valence-corrected chi connectivity index (χ0v) is 5.66. The van der Waals surface area contributed by atoms with Crippen LogP contribution in [-0.2, 0) is 0 Å². The molecule has 0 amide bonds. The molecule has 1 N–H and O–H groups in total. The van der Waals surface area contributed by atoms with E-state index in [1.54, 1.807) is 0 Å². The second-order valence-electron chi connectivity index (χ2n) is 0.750. The summed E-state index contributed by atoms with van der Waals surface area (Å²) in [6.07, 6.45) is 0. The van der Waals surface area contributed by atoms with E-state index in [0.29, 0.717) is 10.2 Å². The molecule has 0 aliphatic heterocycles. The average molecular weight is 109 g/mol. The Morgan fingerprint density at radius 1 is 2.00 bits per heavy atom. The first kappa shape index (κ1) is 5.05. The molecule has 0 unspecified atom stereocenters. The molecule has 5 heavy (non-hydrogen) atoms. The molecule has 0 fully saturated rings. The Labute approximate surface area is 38.7 Å². The fourth-order valence-corrected chi connectivity index (χ4v) is 0. The predicted octanol–water partition coefficient (Wildman–Crippen LogP) is -0.0525. The van der Waals surface area contributed by atoms with Gasteiger partial charge in [-0.1, -0.05) is 11.6 Å². The van der Waals surface area contributed by atoms with E-state index in [-0.39, 0.29) is 5.38 Å². The lowest BCUT2D eigenvalue weighted by Gasteiger charge is -1.73. The van der Waals surface area contributed by atoms with Crippen LogP contribution in [0.15, 0.2) is 10.9 Å². The van der Waals surface area contributed by atoms with Crippen LogP contribution in [0.4, 0.5) is 0 Å². The van der Waals surface area contributed by atoms with Crippen LogP contribution in [0.2, 0.25) is 0 Å². The van der Waals surface area contributed by atoms with Gasteiger partial charge in [0.15, 0.2) is 0 Å². The van der Waals surface area contributed by atoms with Crippen LogP contribution in [0.3, 0.4) is 0 Å². The third-order valence-electron chi connectivity index (χ3n) is 0.158. The van der Waals surface area contributed by atoms with Crippen molar-refractivity contribution >= 4 is 21.8 Å². The molecular formula is C2H5ClOSi. The predicted molar refractivity (Wildman–Crippen MR) is 26.5 cm³/mol. The molecule has 0 saturated heterocycles. The van der Waals surface area contributed by atoms with Crippen molar-refractivity contribution in [1.82, 2.24) is 0 Å². The fourth-order valence-electron chi connectivity index (χ4n) is 0. The van der Waals surface area contributed by atoms with Gasteiger partial charge in [-0.25, -0.2) is 0 Å². The van der Waals surface area contributed by atoms with Gasteiger partial charge in [-0.15, -0.1) is 0 Å². The molecule has 0 saturated carbocycles. The smallest absolute Gasteiger partial charge is 0.0841 e. The molecule has 0 aromatic heterocycles. The summed E-state index contributed by atoms with van der Waals surface area (Å²) >= 11 is 4.96. The quantitative estimate of drug-likeness (QED) is 0.341. The first-order valence-electron chi connectivity index (χ1n) is 1.23. The first-order valence-corrected chi connectivity index (χ1v) is 2.67. The molecule has 0 heterocycles. The number of halogens is 1. The van der Waals surface area contributed by atoms with Gasteiger partial charge in [0.05, 0.1) is 15.6 Å². The van der Waals surface area contributed by atoms with Gasteiger partial charge in [-0.05, 0) is 0 Å². The first-order chi connectivity index (χ1) is 2.27. The van der Waals surface area contributed by atoms with E-state index in [9.17, 15) is 0 Å². The maximum atomic E-state index is 8.15. The van der Waals surface area contributed by atoms with E-state index in [1.807, 2.05) is 0 Å². The number of hydrogen-bond donors (Lipinski definition) is 1. The molecule has 0 aliphatic carbocycles. The van der Waals surface area contributed by atoms with Crippen LogP contribution in [0.5, 0.6) is 0 Å². The minimum atomic E-state index is 0.284. The highest BCUT2D eigenvalue weighted by Crippen LogP contribution is 1.79. The zero-order valence-electron chi connectivity index (χ0n) is 2.90. The summed E-state index contributed by atoms with van der Waals surface area (Å²) in [5.74, 6) is 0. The Morgan fingerprint density at radius 2 is 2.20 bits per heavy atom. The Balaban J connectivity index is 3.14. The van der Waals surface area contributed by atoms with Crippen LogP contribution in [-0.4, -0.2) is 15.3 Å². The molecule has 3 heteroatoms. The summed E-state index contributed by atoms with van der Waals surface area (Å²) in [7, 11) is 0.654. The van der Waals surface area contributed by atoms with Gasteiger partial charge in [0, 0.05) is 5.54 Å². The molecule has 0 aromatic rings. The standard InChI is InChI=1S/C2H5ClOSi/c3-1-2(4)5/h1,4H,5H3. The number of rotatable bonds is 0. The Hall–Kier alpha value is 0.0469. The van der Waals surface area contributed by atoms with Crippen LogP contribution < -0.4 is 0 Å². The van der Waals surface area contributed by atoms with Crippen molar-refractivity contribution in [1.29, 1.82) is 0 Å². The second kappa shape index (κ2) is 2.29. The molecule has 1 nitrogen and oxygen atoms in total. The van der Waals surface area contributed by atoms with Gasteiger partial charge in [0.1, 0.15) is 0 Å². The van der Waals surface area contributed by atoms with E-state index in [1.165, 1.54) is 5.54 Å². The monoisotopic (exact) mass is 108 g/mol. The largest absolute Gasteiger partial charge is 0.518 e. The zero-order chi connectivity index (χ0) is 4.28. The number of aliphatic hydroxyl groups excluding tert-OH is 1. The highest BCUT2D eigenvalue weighted by atomic mass is 35.5. The van der Waals surface area contributed by atoms with E-state index < -0.39 is 0 Å². The van der Waals surface area contributed by atoms with Crippen LogP contribution >= 0.6 is 11.6 Å². The Bertz CT molecular complexity index is 47.6. The van der Waals surface area contributed by atoms with Crippen molar-refractivity contribution in [3.63, 3.8) is 0 Å². The van der Waals surface area contributed by atoms with Gasteiger partial charge in [0.2, 0.25) is 0 Å². The molecule has 0 spiro atoms. The van der Waals surface area contributed by atoms with Gasteiger partial charge >= 0.3 is 0 Å². The maximum absolute atomic E-state index is 8.15. The van der Waals surface area contributed by atoms with Crippen molar-refractivity contribution in [3.05, 3.63) is 10.9 Å². The van der Waals surface area contributed by atoms with E-state index in [2.05, 4.69) is 0 Å².